The highest BCUT2D eigenvalue weighted by molar-refractivity contribution is 7.92. The third kappa shape index (κ3) is 5.25. The Labute approximate surface area is 191 Å². The van der Waals surface area contributed by atoms with E-state index in [2.05, 4.69) is 13.0 Å². The highest BCUT2D eigenvalue weighted by Crippen LogP contribution is 2.35. The van der Waals surface area contributed by atoms with Gasteiger partial charge in [-0.05, 0) is 48.3 Å². The Morgan fingerprint density at radius 3 is 2.47 bits per heavy atom. The van der Waals surface area contributed by atoms with Crippen LogP contribution in [0.15, 0.2) is 53.1 Å². The van der Waals surface area contributed by atoms with Gasteiger partial charge in [0.2, 0.25) is 0 Å². The molecule has 1 aliphatic heterocycles. The van der Waals surface area contributed by atoms with Crippen LogP contribution in [0.1, 0.15) is 57.9 Å². The number of rotatable bonds is 10. The molecule has 0 spiro atoms. The minimum absolute atomic E-state index is 0.0599. The fourth-order valence-corrected chi connectivity index (χ4v) is 6.68. The van der Waals surface area contributed by atoms with Gasteiger partial charge in [0, 0.05) is 5.39 Å². The molecule has 0 amide bonds. The van der Waals surface area contributed by atoms with Gasteiger partial charge >= 0.3 is 0 Å². The molecule has 1 heterocycles. The van der Waals surface area contributed by atoms with E-state index in [9.17, 15) is 23.7 Å². The molecule has 0 unspecified atom stereocenters. The van der Waals surface area contributed by atoms with Crippen molar-refractivity contribution in [3.8, 4) is 5.75 Å². The van der Waals surface area contributed by atoms with Crippen molar-refractivity contribution >= 4 is 26.7 Å². The SMILES string of the molecule is CCCC1=C([C@H](O)CC/C(=C/c2ccc(O)c3ccccc23)CCC)[C@H](CO)S(=O)(=O)C1. The summed E-state index contributed by atoms with van der Waals surface area (Å²) < 4.78 is 25.0. The fourth-order valence-electron chi connectivity index (χ4n) is 4.75. The molecular weight excluding hydrogens is 424 g/mol. The molecule has 2 aromatic carbocycles. The van der Waals surface area contributed by atoms with Crippen LogP contribution in [-0.4, -0.2) is 47.5 Å². The molecule has 5 nitrogen and oxygen atoms in total. The normalized spacial score (nSPS) is 19.6. The Kier molecular flexibility index (Phi) is 8.15. The summed E-state index contributed by atoms with van der Waals surface area (Å²) >= 11 is 0. The van der Waals surface area contributed by atoms with E-state index in [1.54, 1.807) is 6.07 Å². The third-order valence-electron chi connectivity index (χ3n) is 6.25. The summed E-state index contributed by atoms with van der Waals surface area (Å²) in [4.78, 5) is 0. The second kappa shape index (κ2) is 10.6. The number of allylic oxidation sites excluding steroid dienone is 1. The van der Waals surface area contributed by atoms with E-state index < -0.39 is 27.8 Å². The second-order valence-electron chi connectivity index (χ2n) is 8.61. The first-order chi connectivity index (χ1) is 15.3. The summed E-state index contributed by atoms with van der Waals surface area (Å²) in [6.45, 7) is 3.60. The monoisotopic (exact) mass is 458 g/mol. The van der Waals surface area contributed by atoms with Gasteiger partial charge < -0.3 is 15.3 Å². The molecule has 0 saturated carbocycles. The molecular formula is C26H34O5S. The number of hydrogen-bond acceptors (Lipinski definition) is 5. The Morgan fingerprint density at radius 2 is 1.81 bits per heavy atom. The summed E-state index contributed by atoms with van der Waals surface area (Å²) in [5, 5.41) is 31.7. The number of hydrogen-bond donors (Lipinski definition) is 3. The number of aliphatic hydroxyl groups is 2. The number of aliphatic hydroxyl groups excluding tert-OH is 2. The Bertz CT molecular complexity index is 1110. The van der Waals surface area contributed by atoms with Crippen LogP contribution in [0.25, 0.3) is 16.8 Å². The van der Waals surface area contributed by atoms with Crippen LogP contribution < -0.4 is 0 Å². The van der Waals surface area contributed by atoms with Gasteiger partial charge in [0.25, 0.3) is 0 Å². The van der Waals surface area contributed by atoms with Crippen molar-refractivity contribution in [1.29, 1.82) is 0 Å². The quantitative estimate of drug-likeness (QED) is 0.447. The van der Waals surface area contributed by atoms with Gasteiger partial charge in [0.1, 0.15) is 11.0 Å². The van der Waals surface area contributed by atoms with Crippen LogP contribution in [0.2, 0.25) is 0 Å². The molecule has 0 radical (unpaired) electrons. The molecule has 0 saturated heterocycles. The van der Waals surface area contributed by atoms with E-state index in [4.69, 9.17) is 0 Å². The lowest BCUT2D eigenvalue weighted by Gasteiger charge is -2.20. The van der Waals surface area contributed by atoms with Crippen molar-refractivity contribution in [1.82, 2.24) is 0 Å². The smallest absolute Gasteiger partial charge is 0.163 e. The van der Waals surface area contributed by atoms with E-state index in [-0.39, 0.29) is 11.5 Å². The van der Waals surface area contributed by atoms with Gasteiger partial charge in [-0.2, -0.15) is 0 Å². The number of aromatic hydroxyl groups is 1. The molecule has 3 rings (SSSR count). The Balaban J connectivity index is 1.86. The number of phenols is 1. The highest BCUT2D eigenvalue weighted by Gasteiger charge is 2.40. The van der Waals surface area contributed by atoms with Crippen molar-refractivity contribution in [2.75, 3.05) is 12.4 Å². The molecule has 0 aliphatic carbocycles. The van der Waals surface area contributed by atoms with Crippen LogP contribution >= 0.6 is 0 Å². The zero-order valence-corrected chi connectivity index (χ0v) is 19.7. The van der Waals surface area contributed by atoms with Gasteiger partial charge in [-0.3, -0.25) is 0 Å². The lowest BCUT2D eigenvalue weighted by atomic mass is 9.92. The summed E-state index contributed by atoms with van der Waals surface area (Å²) in [5.41, 5.74) is 3.46. The average molecular weight is 459 g/mol. The number of benzene rings is 2. The van der Waals surface area contributed by atoms with Gasteiger partial charge in [-0.25, -0.2) is 8.42 Å². The molecule has 0 aromatic heterocycles. The Hall–Kier alpha value is -2.15. The fraction of sp³-hybridized carbons (Fsp3) is 0.462. The van der Waals surface area contributed by atoms with Crippen molar-refractivity contribution in [2.45, 2.75) is 63.7 Å². The third-order valence-corrected chi connectivity index (χ3v) is 8.27. The van der Waals surface area contributed by atoms with Gasteiger partial charge in [-0.15, -0.1) is 0 Å². The van der Waals surface area contributed by atoms with Crippen LogP contribution in [0.5, 0.6) is 5.75 Å². The first-order valence-corrected chi connectivity index (χ1v) is 13.2. The summed E-state index contributed by atoms with van der Waals surface area (Å²) in [5.74, 6) is 0.188. The van der Waals surface area contributed by atoms with Crippen molar-refractivity contribution in [3.05, 3.63) is 58.7 Å². The van der Waals surface area contributed by atoms with E-state index in [0.29, 0.717) is 24.8 Å². The zero-order valence-electron chi connectivity index (χ0n) is 18.9. The maximum atomic E-state index is 12.5. The molecule has 0 bridgehead atoms. The molecule has 32 heavy (non-hydrogen) atoms. The van der Waals surface area contributed by atoms with Crippen LogP contribution in [0.4, 0.5) is 0 Å². The predicted molar refractivity (Wildman–Crippen MR) is 130 cm³/mol. The Morgan fingerprint density at radius 1 is 1.09 bits per heavy atom. The number of sulfone groups is 1. The minimum atomic E-state index is -3.45. The minimum Gasteiger partial charge on any atom is -0.507 e. The van der Waals surface area contributed by atoms with Crippen molar-refractivity contribution in [3.63, 3.8) is 0 Å². The molecule has 2 aromatic rings. The first-order valence-electron chi connectivity index (χ1n) is 11.4. The van der Waals surface area contributed by atoms with Crippen molar-refractivity contribution < 1.29 is 23.7 Å². The lowest BCUT2D eigenvalue weighted by Crippen LogP contribution is -2.29. The summed E-state index contributed by atoms with van der Waals surface area (Å²) in [7, 11) is -3.45. The summed E-state index contributed by atoms with van der Waals surface area (Å²) in [6.07, 6.45) is 5.52. The number of phenolic OH excluding ortho intramolecular Hbond substituents is 1. The molecule has 3 N–H and O–H groups in total. The van der Waals surface area contributed by atoms with E-state index in [1.165, 1.54) is 5.57 Å². The van der Waals surface area contributed by atoms with E-state index in [1.807, 2.05) is 37.3 Å². The molecule has 174 valence electrons. The molecule has 6 heteroatoms. The molecule has 0 fully saturated rings. The summed E-state index contributed by atoms with van der Waals surface area (Å²) in [6, 6.07) is 11.3. The standard InChI is InChI=1S/C26H34O5S/c1-3-7-18(15-19-12-14-23(28)22-10-6-5-9-21(19)22)11-13-24(29)26-20(8-4-2)17-32(30,31)25(26)16-27/h5-6,9-10,12,14-15,24-25,27-29H,3-4,7-8,11,13,16-17H2,1-2H3/b18-15+/t24-,25+/m1/s1. The van der Waals surface area contributed by atoms with Crippen LogP contribution in [-0.2, 0) is 9.84 Å². The average Bonchev–Trinajstić information content (AvgIpc) is 3.03. The van der Waals surface area contributed by atoms with Gasteiger partial charge in [-0.1, -0.05) is 74.2 Å². The topological polar surface area (TPSA) is 94.8 Å². The maximum Gasteiger partial charge on any atom is 0.163 e. The maximum absolute atomic E-state index is 12.5. The molecule has 2 atom stereocenters. The zero-order chi connectivity index (χ0) is 23.3. The van der Waals surface area contributed by atoms with E-state index in [0.717, 1.165) is 41.2 Å². The largest absolute Gasteiger partial charge is 0.507 e. The lowest BCUT2D eigenvalue weighted by molar-refractivity contribution is 0.188. The van der Waals surface area contributed by atoms with Crippen molar-refractivity contribution in [2.24, 2.45) is 0 Å². The van der Waals surface area contributed by atoms with E-state index >= 15 is 0 Å². The predicted octanol–water partition coefficient (Wildman–Crippen LogP) is 4.76. The van der Waals surface area contributed by atoms with Gasteiger partial charge in [0.15, 0.2) is 9.84 Å². The van der Waals surface area contributed by atoms with Crippen LogP contribution in [0, 0.1) is 0 Å². The van der Waals surface area contributed by atoms with Gasteiger partial charge in [0.05, 0.1) is 18.5 Å². The second-order valence-corrected chi connectivity index (χ2v) is 10.8. The first kappa shape index (κ1) is 24.5. The van der Waals surface area contributed by atoms with Crippen LogP contribution in [0.3, 0.4) is 0 Å². The number of fused-ring (bicyclic) bond motifs is 1. The molecule has 1 aliphatic rings. The highest BCUT2D eigenvalue weighted by atomic mass is 32.2.